The average molecular weight is 293 g/mol. The van der Waals surface area contributed by atoms with Crippen molar-refractivity contribution >= 4 is 5.97 Å². The van der Waals surface area contributed by atoms with Crippen molar-refractivity contribution in [1.29, 1.82) is 0 Å². The Morgan fingerprint density at radius 3 is 2.20 bits per heavy atom. The summed E-state index contributed by atoms with van der Waals surface area (Å²) in [6.07, 6.45) is 0.145. The topological polar surface area (TPSA) is 102 Å². The van der Waals surface area contributed by atoms with E-state index in [0.29, 0.717) is 13.0 Å². The van der Waals surface area contributed by atoms with E-state index in [4.69, 9.17) is 16.6 Å². The van der Waals surface area contributed by atoms with E-state index in [1.807, 2.05) is 0 Å². The Hall–Kier alpha value is -1.67. The van der Waals surface area contributed by atoms with E-state index in [0.717, 1.165) is 37.4 Å². The number of aromatic nitrogens is 1. The van der Waals surface area contributed by atoms with Crippen LogP contribution in [0, 0.1) is 0 Å². The minimum atomic E-state index is -4.25. The van der Waals surface area contributed by atoms with Crippen molar-refractivity contribution in [3.63, 3.8) is 0 Å². The zero-order chi connectivity index (χ0) is 15.6. The maximum atomic E-state index is 11.8. The van der Waals surface area contributed by atoms with Gasteiger partial charge in [-0.2, -0.15) is 13.2 Å². The number of rotatable bonds is 5. The Bertz CT molecular complexity index is 385. The van der Waals surface area contributed by atoms with Crippen LogP contribution in [0.5, 0.6) is 0 Å². The molecule has 0 radical (unpaired) electrons. The van der Waals surface area contributed by atoms with Crippen LogP contribution in [-0.2, 0) is 11.0 Å². The predicted molar refractivity (Wildman–Crippen MR) is 67.8 cm³/mol. The molecule has 0 saturated heterocycles. The normalized spacial score (nSPS) is 12.2. The van der Waals surface area contributed by atoms with Gasteiger partial charge in [0.25, 0.3) is 0 Å². The van der Waals surface area contributed by atoms with Crippen LogP contribution >= 0.6 is 0 Å². The van der Waals surface area contributed by atoms with Crippen molar-refractivity contribution in [2.75, 3.05) is 6.54 Å². The van der Waals surface area contributed by atoms with Crippen LogP contribution in [0.25, 0.3) is 0 Å². The lowest BCUT2D eigenvalue weighted by molar-refractivity contribution is -0.139. The molecule has 1 rings (SSSR count). The van der Waals surface area contributed by atoms with E-state index >= 15 is 0 Å². The van der Waals surface area contributed by atoms with Crippen LogP contribution in [0.2, 0.25) is 0 Å². The van der Waals surface area contributed by atoms with Crippen molar-refractivity contribution in [3.8, 4) is 0 Å². The van der Waals surface area contributed by atoms with Crippen LogP contribution in [-0.4, -0.2) is 28.6 Å². The molecule has 0 amide bonds. The fourth-order valence-corrected chi connectivity index (χ4v) is 1.17. The van der Waals surface area contributed by atoms with E-state index < -0.39 is 23.8 Å². The first kappa shape index (κ1) is 18.3. The Morgan fingerprint density at radius 1 is 1.30 bits per heavy atom. The molecular weight excluding hydrogens is 275 g/mol. The van der Waals surface area contributed by atoms with Crippen molar-refractivity contribution in [3.05, 3.63) is 30.1 Å². The quantitative estimate of drug-likeness (QED) is 0.716. The van der Waals surface area contributed by atoms with E-state index in [1.54, 1.807) is 0 Å². The number of halogens is 3. The molecule has 0 spiro atoms. The number of nitrogens with zero attached hydrogens (tertiary/aromatic N) is 1. The molecule has 8 heteroatoms. The van der Waals surface area contributed by atoms with Gasteiger partial charge in [-0.3, -0.25) is 9.78 Å². The van der Waals surface area contributed by atoms with Gasteiger partial charge in [-0.15, -0.1) is 0 Å². The molecule has 0 bridgehead atoms. The molecule has 1 heterocycles. The average Bonchev–Trinajstić information content (AvgIpc) is 2.39. The van der Waals surface area contributed by atoms with Crippen molar-refractivity contribution in [1.82, 2.24) is 4.98 Å². The van der Waals surface area contributed by atoms with Crippen LogP contribution in [0.3, 0.4) is 0 Å². The summed E-state index contributed by atoms with van der Waals surface area (Å²) in [5.74, 6) is -0.933. The molecule has 0 unspecified atom stereocenters. The number of hydrogen-bond acceptors (Lipinski definition) is 4. The second-order valence-electron chi connectivity index (χ2n) is 3.96. The molecule has 1 aromatic rings. The highest BCUT2D eigenvalue weighted by Crippen LogP contribution is 2.27. The third-order valence-corrected chi connectivity index (χ3v) is 2.29. The molecule has 0 aliphatic carbocycles. The van der Waals surface area contributed by atoms with E-state index in [-0.39, 0.29) is 0 Å². The highest BCUT2D eigenvalue weighted by Gasteiger charge is 2.29. The predicted octanol–water partition coefficient (Wildman–Crippen LogP) is 1.63. The molecule has 0 fully saturated rings. The summed E-state index contributed by atoms with van der Waals surface area (Å²) in [6.45, 7) is 0.604. The highest BCUT2D eigenvalue weighted by molar-refractivity contribution is 5.72. The number of nitrogens with two attached hydrogens (primary N) is 2. The Kier molecular flexibility index (Phi) is 8.49. The number of unbranched alkanes of at least 4 members (excludes halogenated alkanes) is 1. The number of carboxylic acid groups (broad SMARTS) is 1. The minimum absolute atomic E-state index is 0.520. The number of alkyl halides is 3. The number of hydrogen-bond donors (Lipinski definition) is 3. The van der Waals surface area contributed by atoms with Crippen LogP contribution in [0.4, 0.5) is 13.2 Å². The lowest BCUT2D eigenvalue weighted by atomic mass is 10.1. The molecule has 1 atom stereocenters. The first-order chi connectivity index (χ1) is 9.29. The number of aliphatic carboxylic acids is 1. The summed E-state index contributed by atoms with van der Waals surface area (Å²) in [5.41, 5.74) is 9.76. The third kappa shape index (κ3) is 8.44. The standard InChI is InChI=1S/C6H4F3N.C6H14N2O2/c7-6(8,9)5-1-3-10-4-2-5;7-4-2-1-3-5(8)6(9)10/h1-4H;5H,1-4,7-8H2,(H,9,10)/t;5-/m.0/s1. The number of carbonyl (C=O) groups is 1. The smallest absolute Gasteiger partial charge is 0.416 e. The molecular formula is C12H18F3N3O2. The summed E-state index contributed by atoms with van der Waals surface area (Å²) in [4.78, 5) is 13.6. The SMILES string of the molecule is FC(F)(F)c1ccncc1.NCCCC[C@H](N)C(=O)O. The molecule has 114 valence electrons. The molecule has 5 nitrogen and oxygen atoms in total. The van der Waals surface area contributed by atoms with E-state index in [2.05, 4.69) is 4.98 Å². The van der Waals surface area contributed by atoms with Gasteiger partial charge >= 0.3 is 12.1 Å². The fraction of sp³-hybridized carbons (Fsp3) is 0.500. The summed E-state index contributed by atoms with van der Waals surface area (Å²) in [7, 11) is 0. The van der Waals surface area contributed by atoms with Gasteiger partial charge in [0, 0.05) is 12.4 Å². The first-order valence-corrected chi connectivity index (χ1v) is 5.94. The van der Waals surface area contributed by atoms with Gasteiger partial charge in [0.05, 0.1) is 5.56 Å². The maximum Gasteiger partial charge on any atom is 0.416 e. The summed E-state index contributed by atoms with van der Waals surface area (Å²) in [5, 5.41) is 8.33. The maximum absolute atomic E-state index is 11.8. The largest absolute Gasteiger partial charge is 0.480 e. The summed E-state index contributed by atoms with van der Waals surface area (Å²) in [6, 6.07) is 1.14. The number of carboxylic acids is 1. The van der Waals surface area contributed by atoms with Crippen molar-refractivity contribution < 1.29 is 23.1 Å². The van der Waals surface area contributed by atoms with Gasteiger partial charge in [0.15, 0.2) is 0 Å². The van der Waals surface area contributed by atoms with Crippen LogP contribution < -0.4 is 11.5 Å². The minimum Gasteiger partial charge on any atom is -0.480 e. The molecule has 0 aliphatic heterocycles. The Balaban J connectivity index is 0.000000361. The molecule has 20 heavy (non-hydrogen) atoms. The van der Waals surface area contributed by atoms with E-state index in [9.17, 15) is 18.0 Å². The van der Waals surface area contributed by atoms with Gasteiger partial charge in [0.1, 0.15) is 6.04 Å². The second kappa shape index (κ2) is 9.27. The second-order valence-corrected chi connectivity index (χ2v) is 3.96. The molecule has 0 aliphatic rings. The fourth-order valence-electron chi connectivity index (χ4n) is 1.17. The third-order valence-electron chi connectivity index (χ3n) is 2.29. The molecule has 0 aromatic carbocycles. The lowest BCUT2D eigenvalue weighted by Gasteiger charge is -2.03. The molecule has 0 saturated carbocycles. The molecule has 1 aromatic heterocycles. The monoisotopic (exact) mass is 293 g/mol. The lowest BCUT2D eigenvalue weighted by Crippen LogP contribution is -2.29. The zero-order valence-corrected chi connectivity index (χ0v) is 10.8. The zero-order valence-electron chi connectivity index (χ0n) is 10.8. The summed E-state index contributed by atoms with van der Waals surface area (Å²) >= 11 is 0. The Labute approximate surface area is 114 Å². The van der Waals surface area contributed by atoms with Gasteiger partial charge in [-0.1, -0.05) is 6.42 Å². The highest BCUT2D eigenvalue weighted by atomic mass is 19.4. The van der Waals surface area contributed by atoms with E-state index in [1.165, 1.54) is 0 Å². The van der Waals surface area contributed by atoms with Crippen LogP contribution in [0.1, 0.15) is 24.8 Å². The van der Waals surface area contributed by atoms with Gasteiger partial charge in [-0.25, -0.2) is 0 Å². The Morgan fingerprint density at radius 2 is 1.85 bits per heavy atom. The van der Waals surface area contributed by atoms with Gasteiger partial charge in [0.2, 0.25) is 0 Å². The van der Waals surface area contributed by atoms with Crippen molar-refractivity contribution in [2.45, 2.75) is 31.5 Å². The summed E-state index contributed by atoms with van der Waals surface area (Å²) < 4.78 is 35.3. The van der Waals surface area contributed by atoms with Gasteiger partial charge < -0.3 is 16.6 Å². The van der Waals surface area contributed by atoms with Crippen LogP contribution in [0.15, 0.2) is 24.5 Å². The van der Waals surface area contributed by atoms with Crippen molar-refractivity contribution in [2.24, 2.45) is 11.5 Å². The molecule has 5 N–H and O–H groups in total. The first-order valence-electron chi connectivity index (χ1n) is 5.94. The van der Waals surface area contributed by atoms with Gasteiger partial charge in [-0.05, 0) is 31.5 Å². The number of pyridine rings is 1.